The molecule has 1 N–H and O–H groups in total. The topological polar surface area (TPSA) is 33.1 Å². The quantitative estimate of drug-likeness (QED) is 0.666. The third-order valence-corrected chi connectivity index (χ3v) is 5.21. The Bertz CT molecular complexity index is 940. The Hall–Kier alpha value is -2.73. The molecule has 1 fully saturated rings. The monoisotopic (exact) mass is 380 g/mol. The minimum Gasteiger partial charge on any atom is -0.352 e. The van der Waals surface area contributed by atoms with Crippen molar-refractivity contribution in [2.45, 2.75) is 25.4 Å². The number of halogens is 1. The molecule has 0 bridgehead atoms. The average molecular weight is 380 g/mol. The van der Waals surface area contributed by atoms with Crippen molar-refractivity contribution in [1.29, 1.82) is 0 Å². The number of aromatic nitrogens is 2. The van der Waals surface area contributed by atoms with Gasteiger partial charge in [-0.05, 0) is 55.0 Å². The number of hydrogen-bond acceptors (Lipinski definition) is 2. The minimum atomic E-state index is -0.250. The molecule has 0 unspecified atom stereocenters. The minimum absolute atomic E-state index is 0.0676. The largest absolute Gasteiger partial charge is 0.352 e. The van der Waals surface area contributed by atoms with Gasteiger partial charge in [0.15, 0.2) is 5.11 Å². The van der Waals surface area contributed by atoms with E-state index >= 15 is 0 Å². The molecule has 3 aromatic rings. The molecule has 27 heavy (non-hydrogen) atoms. The third-order valence-electron chi connectivity index (χ3n) is 4.86. The second kappa shape index (κ2) is 7.48. The normalized spacial score (nSPS) is 19.3. The standard InChI is InChI=1S/C21H21FN4S/c1-2-13-26-20(19(24-21(26)27)16-9-5-6-12-23-16)18-11-7-14-25(18)17-10-4-3-8-15(17)22/h3-12,14,19-20H,2,13H2,1H3,(H,24,27)/t19-,20+/m1/s1. The first-order valence-electron chi connectivity index (χ1n) is 9.11. The fourth-order valence-corrected chi connectivity index (χ4v) is 4.04. The Morgan fingerprint density at radius 3 is 2.67 bits per heavy atom. The number of thiocarbonyl (C=S) groups is 1. The maximum atomic E-state index is 14.5. The lowest BCUT2D eigenvalue weighted by molar-refractivity contribution is 0.308. The summed E-state index contributed by atoms with van der Waals surface area (Å²) in [6.45, 7) is 2.95. The number of benzene rings is 1. The van der Waals surface area contributed by atoms with E-state index in [2.05, 4.69) is 22.1 Å². The first-order chi connectivity index (χ1) is 13.2. The summed E-state index contributed by atoms with van der Waals surface area (Å²) >= 11 is 5.62. The maximum Gasteiger partial charge on any atom is 0.170 e. The van der Waals surface area contributed by atoms with Gasteiger partial charge in [0.05, 0.1) is 23.5 Å². The molecule has 1 aromatic carbocycles. The highest BCUT2D eigenvalue weighted by atomic mass is 32.1. The number of rotatable bonds is 5. The lowest BCUT2D eigenvalue weighted by atomic mass is 10.0. The van der Waals surface area contributed by atoms with Crippen LogP contribution >= 0.6 is 12.2 Å². The Morgan fingerprint density at radius 2 is 1.93 bits per heavy atom. The van der Waals surface area contributed by atoms with Crippen LogP contribution in [0.15, 0.2) is 67.0 Å². The van der Waals surface area contributed by atoms with E-state index in [1.165, 1.54) is 6.07 Å². The van der Waals surface area contributed by atoms with Gasteiger partial charge in [-0.1, -0.05) is 25.1 Å². The van der Waals surface area contributed by atoms with Crippen LogP contribution in [0.3, 0.4) is 0 Å². The van der Waals surface area contributed by atoms with Crippen LogP contribution in [0.4, 0.5) is 4.39 Å². The van der Waals surface area contributed by atoms with Crippen LogP contribution in [0.1, 0.15) is 36.8 Å². The van der Waals surface area contributed by atoms with Crippen molar-refractivity contribution < 1.29 is 4.39 Å². The number of pyridine rings is 1. The van der Waals surface area contributed by atoms with E-state index in [9.17, 15) is 4.39 Å². The Kier molecular flexibility index (Phi) is 4.90. The first kappa shape index (κ1) is 17.7. The van der Waals surface area contributed by atoms with E-state index in [0.717, 1.165) is 24.4 Å². The summed E-state index contributed by atoms with van der Waals surface area (Å²) in [6, 6.07) is 16.5. The van der Waals surface area contributed by atoms with E-state index in [4.69, 9.17) is 12.2 Å². The van der Waals surface area contributed by atoms with Crippen LogP contribution in [0.25, 0.3) is 5.69 Å². The molecule has 1 aliphatic heterocycles. The van der Waals surface area contributed by atoms with E-state index in [-0.39, 0.29) is 17.9 Å². The van der Waals surface area contributed by atoms with E-state index in [1.807, 2.05) is 47.2 Å². The van der Waals surface area contributed by atoms with Gasteiger partial charge in [-0.2, -0.15) is 0 Å². The summed E-state index contributed by atoms with van der Waals surface area (Å²) in [4.78, 5) is 6.72. The molecule has 3 heterocycles. The predicted octanol–water partition coefficient (Wildman–Crippen LogP) is 4.39. The zero-order chi connectivity index (χ0) is 18.8. The molecule has 0 aliphatic carbocycles. The number of nitrogens with one attached hydrogen (secondary N) is 1. The van der Waals surface area contributed by atoms with Crippen molar-refractivity contribution in [3.05, 3.63) is 84.2 Å². The Labute approximate surface area is 163 Å². The zero-order valence-corrected chi connectivity index (χ0v) is 15.9. The summed E-state index contributed by atoms with van der Waals surface area (Å²) in [5.74, 6) is -0.250. The molecule has 2 aromatic heterocycles. The average Bonchev–Trinajstić information content (AvgIpc) is 3.28. The summed E-state index contributed by atoms with van der Waals surface area (Å²) in [5, 5.41) is 4.13. The van der Waals surface area contributed by atoms with Gasteiger partial charge in [0.25, 0.3) is 0 Å². The molecular formula is C21H21FN4S. The van der Waals surface area contributed by atoms with Crippen molar-refractivity contribution in [1.82, 2.24) is 19.8 Å². The molecule has 0 amide bonds. The highest BCUT2D eigenvalue weighted by Crippen LogP contribution is 2.39. The third kappa shape index (κ3) is 3.21. The molecule has 0 spiro atoms. The van der Waals surface area contributed by atoms with Gasteiger partial charge in [0.1, 0.15) is 5.82 Å². The van der Waals surface area contributed by atoms with Crippen molar-refractivity contribution in [3.63, 3.8) is 0 Å². The van der Waals surface area contributed by atoms with Crippen LogP contribution in [0.2, 0.25) is 0 Å². The fourth-order valence-electron chi connectivity index (χ4n) is 3.71. The smallest absolute Gasteiger partial charge is 0.170 e. The fraction of sp³-hybridized carbons (Fsp3) is 0.238. The van der Waals surface area contributed by atoms with E-state index in [1.54, 1.807) is 18.3 Å². The Balaban J connectivity index is 1.83. The summed E-state index contributed by atoms with van der Waals surface area (Å²) in [6.07, 6.45) is 4.65. The van der Waals surface area contributed by atoms with Gasteiger partial charge in [-0.15, -0.1) is 0 Å². The van der Waals surface area contributed by atoms with Gasteiger partial charge in [0, 0.05) is 24.6 Å². The molecule has 1 aliphatic rings. The molecule has 4 nitrogen and oxygen atoms in total. The van der Waals surface area contributed by atoms with Crippen molar-refractivity contribution in [2.24, 2.45) is 0 Å². The van der Waals surface area contributed by atoms with Gasteiger partial charge >= 0.3 is 0 Å². The molecule has 0 radical (unpaired) electrons. The lowest BCUT2D eigenvalue weighted by Gasteiger charge is -2.28. The lowest BCUT2D eigenvalue weighted by Crippen LogP contribution is -2.31. The zero-order valence-electron chi connectivity index (χ0n) is 15.0. The van der Waals surface area contributed by atoms with E-state index in [0.29, 0.717) is 10.8 Å². The summed E-state index contributed by atoms with van der Waals surface area (Å²) < 4.78 is 16.4. The highest BCUT2D eigenvalue weighted by molar-refractivity contribution is 7.80. The van der Waals surface area contributed by atoms with Gasteiger partial charge < -0.3 is 14.8 Å². The summed E-state index contributed by atoms with van der Waals surface area (Å²) in [5.41, 5.74) is 2.44. The molecule has 2 atom stereocenters. The van der Waals surface area contributed by atoms with Crippen LogP contribution in [-0.2, 0) is 0 Å². The summed E-state index contributed by atoms with van der Waals surface area (Å²) in [7, 11) is 0. The SMILES string of the molecule is CCCN1C(=S)N[C@H](c2ccccn2)[C@@H]1c1cccn1-c1ccccc1F. The predicted molar refractivity (Wildman–Crippen MR) is 108 cm³/mol. The van der Waals surface area contributed by atoms with Gasteiger partial charge in [-0.3, -0.25) is 4.98 Å². The van der Waals surface area contributed by atoms with Gasteiger partial charge in [0.2, 0.25) is 0 Å². The van der Waals surface area contributed by atoms with Crippen LogP contribution < -0.4 is 5.32 Å². The molecule has 0 saturated carbocycles. The number of para-hydroxylation sites is 1. The highest BCUT2D eigenvalue weighted by Gasteiger charge is 2.40. The molecular weight excluding hydrogens is 359 g/mol. The van der Waals surface area contributed by atoms with Crippen LogP contribution in [-0.4, -0.2) is 26.1 Å². The first-order valence-corrected chi connectivity index (χ1v) is 9.51. The Morgan fingerprint density at radius 1 is 1.11 bits per heavy atom. The van der Waals surface area contributed by atoms with Crippen LogP contribution in [0.5, 0.6) is 0 Å². The molecule has 4 rings (SSSR count). The van der Waals surface area contributed by atoms with E-state index < -0.39 is 0 Å². The van der Waals surface area contributed by atoms with Crippen LogP contribution in [0, 0.1) is 5.82 Å². The number of hydrogen-bond donors (Lipinski definition) is 1. The van der Waals surface area contributed by atoms with Crippen molar-refractivity contribution >= 4 is 17.3 Å². The van der Waals surface area contributed by atoms with Crippen molar-refractivity contribution in [3.8, 4) is 5.69 Å². The number of nitrogens with zero attached hydrogens (tertiary/aromatic N) is 3. The second-order valence-corrected chi connectivity index (χ2v) is 6.96. The second-order valence-electron chi connectivity index (χ2n) is 6.57. The maximum absolute atomic E-state index is 14.5. The molecule has 1 saturated heterocycles. The molecule has 6 heteroatoms. The molecule has 138 valence electrons. The van der Waals surface area contributed by atoms with Crippen molar-refractivity contribution in [2.75, 3.05) is 6.54 Å². The van der Waals surface area contributed by atoms with Gasteiger partial charge in [-0.25, -0.2) is 4.39 Å².